The minimum atomic E-state index is -0.204. The first-order valence-corrected chi connectivity index (χ1v) is 7.73. The van der Waals surface area contributed by atoms with Crippen molar-refractivity contribution < 1.29 is 4.79 Å². The number of nitrogens with zero attached hydrogens (tertiary/aromatic N) is 3. The van der Waals surface area contributed by atoms with Crippen molar-refractivity contribution in [1.29, 1.82) is 0 Å². The highest BCUT2D eigenvalue weighted by Crippen LogP contribution is 2.13. The molecular weight excluding hydrogens is 290 g/mol. The van der Waals surface area contributed by atoms with E-state index in [9.17, 15) is 4.79 Å². The highest BCUT2D eigenvalue weighted by atomic mass is 16.1. The molecular formula is C17H23N5O. The lowest BCUT2D eigenvalue weighted by atomic mass is 10.0. The van der Waals surface area contributed by atoms with E-state index in [1.54, 1.807) is 0 Å². The summed E-state index contributed by atoms with van der Waals surface area (Å²) in [6.07, 6.45) is 3.33. The summed E-state index contributed by atoms with van der Waals surface area (Å²) in [6.45, 7) is 7.76. The summed E-state index contributed by atoms with van der Waals surface area (Å²) in [5.74, 6) is 0.526. The Morgan fingerprint density at radius 2 is 1.91 bits per heavy atom. The van der Waals surface area contributed by atoms with Crippen LogP contribution in [0, 0.1) is 13.8 Å². The van der Waals surface area contributed by atoms with Crippen LogP contribution in [0.2, 0.25) is 0 Å². The van der Waals surface area contributed by atoms with Gasteiger partial charge in [0.15, 0.2) is 0 Å². The minimum absolute atomic E-state index is 0.204. The number of rotatable bonds is 6. The molecule has 1 atom stereocenters. The average molecular weight is 313 g/mol. The second-order valence-corrected chi connectivity index (χ2v) is 5.82. The summed E-state index contributed by atoms with van der Waals surface area (Å²) < 4.78 is 0. The van der Waals surface area contributed by atoms with E-state index >= 15 is 0 Å². The van der Waals surface area contributed by atoms with Crippen molar-refractivity contribution in [2.45, 2.75) is 46.6 Å². The van der Waals surface area contributed by atoms with E-state index in [1.165, 1.54) is 29.9 Å². The lowest BCUT2D eigenvalue weighted by Crippen LogP contribution is -2.19. The summed E-state index contributed by atoms with van der Waals surface area (Å²) >= 11 is 0. The second kappa shape index (κ2) is 7.67. The quantitative estimate of drug-likeness (QED) is 0.857. The maximum absolute atomic E-state index is 11.0. The molecule has 0 aliphatic carbocycles. The molecule has 0 aliphatic rings. The van der Waals surface area contributed by atoms with Gasteiger partial charge in [0.2, 0.25) is 17.8 Å². The number of amides is 1. The van der Waals surface area contributed by atoms with Crippen LogP contribution in [0.3, 0.4) is 0 Å². The predicted molar refractivity (Wildman–Crippen MR) is 91.5 cm³/mol. The minimum Gasteiger partial charge on any atom is -0.352 e. The molecule has 0 bridgehead atoms. The van der Waals surface area contributed by atoms with Crippen molar-refractivity contribution in [3.63, 3.8) is 0 Å². The Bertz CT molecular complexity index is 686. The summed E-state index contributed by atoms with van der Waals surface area (Å²) in [6, 6.07) is 6.78. The van der Waals surface area contributed by atoms with Gasteiger partial charge in [-0.3, -0.25) is 10.1 Å². The van der Waals surface area contributed by atoms with Crippen LogP contribution in [0.25, 0.3) is 0 Å². The molecule has 2 aromatic rings. The number of benzene rings is 1. The van der Waals surface area contributed by atoms with E-state index in [0.29, 0.717) is 5.95 Å². The molecule has 0 saturated carbocycles. The van der Waals surface area contributed by atoms with Gasteiger partial charge in [-0.05, 0) is 50.3 Å². The van der Waals surface area contributed by atoms with Crippen LogP contribution in [0.5, 0.6) is 0 Å². The van der Waals surface area contributed by atoms with Crippen molar-refractivity contribution in [3.8, 4) is 0 Å². The molecule has 1 amide bonds. The first kappa shape index (κ1) is 16.9. The van der Waals surface area contributed by atoms with E-state index in [1.807, 2.05) is 0 Å². The fourth-order valence-corrected chi connectivity index (χ4v) is 2.22. The van der Waals surface area contributed by atoms with Crippen LogP contribution < -0.4 is 10.6 Å². The fraction of sp³-hybridized carbons (Fsp3) is 0.412. The molecule has 1 aromatic heterocycles. The maximum atomic E-state index is 11.0. The van der Waals surface area contributed by atoms with Crippen LogP contribution in [-0.4, -0.2) is 26.9 Å². The normalized spacial score (nSPS) is 11.8. The number of aromatic nitrogens is 3. The smallest absolute Gasteiger partial charge is 0.234 e. The molecule has 6 heteroatoms. The van der Waals surface area contributed by atoms with Crippen LogP contribution in [0.15, 0.2) is 24.5 Å². The highest BCUT2D eigenvalue weighted by Gasteiger charge is 2.07. The Morgan fingerprint density at radius 3 is 2.61 bits per heavy atom. The number of nitrogens with one attached hydrogen (secondary N) is 2. The SMILES string of the molecule is CC(=O)Nc1ncnc(NC(C)CCc2ccc(C)c(C)c2)n1. The zero-order valence-corrected chi connectivity index (χ0v) is 14.1. The van der Waals surface area contributed by atoms with Gasteiger partial charge in [-0.1, -0.05) is 18.2 Å². The largest absolute Gasteiger partial charge is 0.352 e. The second-order valence-electron chi connectivity index (χ2n) is 5.82. The third-order valence-corrected chi connectivity index (χ3v) is 3.67. The molecule has 122 valence electrons. The predicted octanol–water partition coefficient (Wildman–Crippen LogP) is 2.88. The van der Waals surface area contributed by atoms with E-state index < -0.39 is 0 Å². The van der Waals surface area contributed by atoms with Gasteiger partial charge < -0.3 is 5.32 Å². The van der Waals surface area contributed by atoms with Gasteiger partial charge in [0.05, 0.1) is 0 Å². The molecule has 23 heavy (non-hydrogen) atoms. The number of carbonyl (C=O) groups excluding carboxylic acids is 1. The van der Waals surface area contributed by atoms with Crippen molar-refractivity contribution in [3.05, 3.63) is 41.2 Å². The number of aryl methyl sites for hydroxylation is 3. The molecule has 0 radical (unpaired) electrons. The van der Waals surface area contributed by atoms with Crippen LogP contribution in [-0.2, 0) is 11.2 Å². The molecule has 2 N–H and O–H groups in total. The highest BCUT2D eigenvalue weighted by molar-refractivity contribution is 5.86. The molecule has 0 spiro atoms. The Balaban J connectivity index is 1.90. The summed E-state index contributed by atoms with van der Waals surface area (Å²) in [5.41, 5.74) is 3.97. The lowest BCUT2D eigenvalue weighted by Gasteiger charge is -2.14. The molecule has 0 saturated heterocycles. The zero-order valence-electron chi connectivity index (χ0n) is 14.1. The van der Waals surface area contributed by atoms with Gasteiger partial charge in [0.1, 0.15) is 6.33 Å². The number of carbonyl (C=O) groups is 1. The summed E-state index contributed by atoms with van der Waals surface area (Å²) in [4.78, 5) is 23.2. The molecule has 6 nitrogen and oxygen atoms in total. The van der Waals surface area contributed by atoms with Crippen molar-refractivity contribution in [1.82, 2.24) is 15.0 Å². The fourth-order valence-electron chi connectivity index (χ4n) is 2.22. The van der Waals surface area contributed by atoms with Crippen molar-refractivity contribution >= 4 is 17.8 Å². The van der Waals surface area contributed by atoms with Gasteiger partial charge >= 0.3 is 0 Å². The van der Waals surface area contributed by atoms with E-state index in [0.717, 1.165) is 12.8 Å². The molecule has 1 heterocycles. The summed E-state index contributed by atoms with van der Waals surface area (Å²) in [5, 5.41) is 5.78. The number of hydrogen-bond acceptors (Lipinski definition) is 5. The maximum Gasteiger partial charge on any atom is 0.234 e. The zero-order chi connectivity index (χ0) is 16.8. The number of hydrogen-bond donors (Lipinski definition) is 2. The molecule has 1 unspecified atom stereocenters. The van der Waals surface area contributed by atoms with Gasteiger partial charge in [0.25, 0.3) is 0 Å². The van der Waals surface area contributed by atoms with Gasteiger partial charge in [-0.15, -0.1) is 0 Å². The average Bonchev–Trinajstić information content (AvgIpc) is 2.48. The van der Waals surface area contributed by atoms with Gasteiger partial charge in [0, 0.05) is 13.0 Å². The first-order valence-electron chi connectivity index (χ1n) is 7.73. The summed E-state index contributed by atoms with van der Waals surface area (Å²) in [7, 11) is 0. The topological polar surface area (TPSA) is 79.8 Å². The Morgan fingerprint density at radius 1 is 1.17 bits per heavy atom. The third-order valence-electron chi connectivity index (χ3n) is 3.67. The monoisotopic (exact) mass is 313 g/mol. The first-order chi connectivity index (χ1) is 10.9. The van der Waals surface area contributed by atoms with Crippen LogP contribution in [0.4, 0.5) is 11.9 Å². The van der Waals surface area contributed by atoms with E-state index in [-0.39, 0.29) is 17.9 Å². The van der Waals surface area contributed by atoms with E-state index in [2.05, 4.69) is 64.6 Å². The third kappa shape index (κ3) is 5.32. The number of anilines is 2. The Kier molecular flexibility index (Phi) is 5.62. The van der Waals surface area contributed by atoms with Crippen molar-refractivity contribution in [2.75, 3.05) is 10.6 Å². The van der Waals surface area contributed by atoms with Crippen LogP contribution in [0.1, 0.15) is 37.0 Å². The Hall–Kier alpha value is -2.50. The standard InChI is InChI=1S/C17H23N5O/c1-11-5-7-15(9-12(11)2)8-6-13(3)20-16-18-10-19-17(22-16)21-14(4)23/h5,7,9-10,13H,6,8H2,1-4H3,(H2,18,19,20,21,22,23). The van der Waals surface area contributed by atoms with Gasteiger partial charge in [-0.2, -0.15) is 4.98 Å². The molecule has 0 fully saturated rings. The van der Waals surface area contributed by atoms with Crippen molar-refractivity contribution in [2.24, 2.45) is 0 Å². The lowest BCUT2D eigenvalue weighted by molar-refractivity contribution is -0.114. The van der Waals surface area contributed by atoms with Gasteiger partial charge in [-0.25, -0.2) is 9.97 Å². The Labute approximate surface area is 136 Å². The molecule has 2 rings (SSSR count). The molecule has 0 aliphatic heterocycles. The van der Waals surface area contributed by atoms with E-state index in [4.69, 9.17) is 0 Å². The molecule has 1 aromatic carbocycles. The van der Waals surface area contributed by atoms with Crippen LogP contribution >= 0.6 is 0 Å².